The molecule has 0 bridgehead atoms. The number of benzene rings is 2. The molecule has 112 valence electrons. The van der Waals surface area contributed by atoms with Crippen LogP contribution in [0.1, 0.15) is 22.8 Å². The van der Waals surface area contributed by atoms with Crippen LogP contribution in [0, 0.1) is 0 Å². The summed E-state index contributed by atoms with van der Waals surface area (Å²) in [6.07, 6.45) is 9.79. The molecular formula is C20H17N2O+. The second kappa shape index (κ2) is 6.05. The fraction of sp³-hybridized carbons (Fsp3) is 0.100. The average Bonchev–Trinajstić information content (AvgIpc) is 2.99. The van der Waals surface area contributed by atoms with Gasteiger partial charge in [-0.1, -0.05) is 60.7 Å². The van der Waals surface area contributed by atoms with Gasteiger partial charge in [-0.15, -0.1) is 0 Å². The van der Waals surface area contributed by atoms with Gasteiger partial charge in [-0.05, 0) is 11.6 Å². The Morgan fingerprint density at radius 3 is 2.74 bits per heavy atom. The first kappa shape index (κ1) is 13.7. The molecule has 0 fully saturated rings. The van der Waals surface area contributed by atoms with E-state index in [0.29, 0.717) is 5.88 Å². The van der Waals surface area contributed by atoms with E-state index in [9.17, 15) is 0 Å². The number of aromatic nitrogens is 2. The molecule has 0 N–H and O–H groups in total. The van der Waals surface area contributed by atoms with Crippen molar-refractivity contribution in [2.24, 2.45) is 0 Å². The molecule has 2 aromatic carbocycles. The van der Waals surface area contributed by atoms with Gasteiger partial charge in [-0.2, -0.15) is 4.57 Å². The minimum Gasteiger partial charge on any atom is -0.461 e. The Morgan fingerprint density at radius 1 is 1.00 bits per heavy atom. The lowest BCUT2D eigenvalue weighted by Crippen LogP contribution is -2.33. The van der Waals surface area contributed by atoms with E-state index in [4.69, 9.17) is 4.74 Å². The molecule has 1 heterocycles. The molecule has 1 unspecified atom stereocenters. The lowest BCUT2D eigenvalue weighted by molar-refractivity contribution is -0.689. The molecule has 1 aliphatic carbocycles. The van der Waals surface area contributed by atoms with Crippen LogP contribution < -0.4 is 9.30 Å². The second-order valence-corrected chi connectivity index (χ2v) is 5.58. The molecule has 0 radical (unpaired) electrons. The third-order valence-electron chi connectivity index (χ3n) is 3.94. The molecule has 0 spiro atoms. The number of nitrogens with zero attached hydrogens (tertiary/aromatic N) is 2. The quantitative estimate of drug-likeness (QED) is 0.689. The molecule has 4 rings (SSSR count). The zero-order chi connectivity index (χ0) is 15.5. The summed E-state index contributed by atoms with van der Waals surface area (Å²) in [4.78, 5) is 4.34. The minimum atomic E-state index is -0.0636. The van der Waals surface area contributed by atoms with Crippen molar-refractivity contribution >= 4 is 6.08 Å². The Labute approximate surface area is 135 Å². The molecular weight excluding hydrogens is 284 g/mol. The van der Waals surface area contributed by atoms with Crippen LogP contribution >= 0.6 is 0 Å². The molecule has 3 nitrogen and oxygen atoms in total. The van der Waals surface area contributed by atoms with Crippen LogP contribution in [0.2, 0.25) is 0 Å². The number of hydrogen-bond donors (Lipinski definition) is 0. The van der Waals surface area contributed by atoms with E-state index in [2.05, 4.69) is 58.1 Å². The third kappa shape index (κ3) is 2.99. The summed E-state index contributed by atoms with van der Waals surface area (Å²) in [6.45, 7) is 0.802. The largest absolute Gasteiger partial charge is 0.461 e. The van der Waals surface area contributed by atoms with E-state index in [0.717, 1.165) is 6.54 Å². The highest BCUT2D eigenvalue weighted by Crippen LogP contribution is 2.30. The molecule has 1 aromatic heterocycles. The second-order valence-electron chi connectivity index (χ2n) is 5.58. The zero-order valence-electron chi connectivity index (χ0n) is 12.7. The molecule has 3 aromatic rings. The summed E-state index contributed by atoms with van der Waals surface area (Å²) in [7, 11) is 0. The van der Waals surface area contributed by atoms with E-state index in [1.54, 1.807) is 6.20 Å². The summed E-state index contributed by atoms with van der Waals surface area (Å²) in [5.41, 5.74) is 3.65. The third-order valence-corrected chi connectivity index (χ3v) is 3.94. The number of ether oxygens (including phenoxy) is 1. The van der Waals surface area contributed by atoms with Crippen LogP contribution in [0.15, 0.2) is 79.3 Å². The van der Waals surface area contributed by atoms with Gasteiger partial charge in [0.25, 0.3) is 5.88 Å². The van der Waals surface area contributed by atoms with Crippen LogP contribution in [0.4, 0.5) is 0 Å². The van der Waals surface area contributed by atoms with Crippen LogP contribution in [-0.2, 0) is 6.54 Å². The van der Waals surface area contributed by atoms with Gasteiger partial charge in [-0.25, -0.2) is 4.98 Å². The van der Waals surface area contributed by atoms with Crippen LogP contribution in [0.3, 0.4) is 0 Å². The number of fused-ring (bicyclic) bond motifs is 1. The number of rotatable bonds is 4. The van der Waals surface area contributed by atoms with E-state index in [1.165, 1.54) is 16.7 Å². The summed E-state index contributed by atoms with van der Waals surface area (Å²) >= 11 is 0. The predicted molar refractivity (Wildman–Crippen MR) is 88.8 cm³/mol. The average molecular weight is 301 g/mol. The van der Waals surface area contributed by atoms with Crippen molar-refractivity contribution < 1.29 is 9.30 Å². The maximum atomic E-state index is 6.06. The van der Waals surface area contributed by atoms with Crippen molar-refractivity contribution in [1.82, 2.24) is 4.98 Å². The van der Waals surface area contributed by atoms with Crippen molar-refractivity contribution in [3.8, 4) is 5.88 Å². The normalized spacial score (nSPS) is 15.4. The highest BCUT2D eigenvalue weighted by atomic mass is 16.5. The van der Waals surface area contributed by atoms with E-state index in [-0.39, 0.29) is 6.10 Å². The van der Waals surface area contributed by atoms with Gasteiger partial charge in [0.05, 0.1) is 6.20 Å². The van der Waals surface area contributed by atoms with Crippen molar-refractivity contribution in [2.75, 3.05) is 0 Å². The van der Waals surface area contributed by atoms with Crippen LogP contribution in [-0.4, -0.2) is 4.98 Å². The smallest absolute Gasteiger partial charge is 0.280 e. The van der Waals surface area contributed by atoms with E-state index in [1.807, 2.05) is 30.6 Å². The maximum absolute atomic E-state index is 6.06. The molecule has 1 atom stereocenters. The standard InChI is InChI=1S/C20H17N2O/c1-2-6-16(7-3-1)14-22-13-12-21-20(15-22)23-19-11-10-17-8-4-5-9-18(17)19/h1-13,15,19H,14H2/q+1. The van der Waals surface area contributed by atoms with Crippen molar-refractivity contribution in [3.63, 3.8) is 0 Å². The lowest BCUT2D eigenvalue weighted by atomic mass is 10.1. The Hall–Kier alpha value is -2.94. The molecule has 1 aliphatic rings. The van der Waals surface area contributed by atoms with E-state index >= 15 is 0 Å². The van der Waals surface area contributed by atoms with Gasteiger partial charge in [0.2, 0.25) is 6.20 Å². The molecule has 0 aliphatic heterocycles. The SMILES string of the molecule is C1=CC(Oc2c[n+](Cc3ccccc3)ccn2)c2ccccc21. The van der Waals surface area contributed by atoms with Gasteiger partial charge in [0, 0.05) is 11.1 Å². The zero-order valence-corrected chi connectivity index (χ0v) is 12.7. The highest BCUT2D eigenvalue weighted by molar-refractivity contribution is 5.61. The first-order valence-electron chi connectivity index (χ1n) is 7.71. The van der Waals surface area contributed by atoms with Crippen LogP contribution in [0.25, 0.3) is 6.08 Å². The fourth-order valence-electron chi connectivity index (χ4n) is 2.81. The maximum Gasteiger partial charge on any atom is 0.280 e. The summed E-state index contributed by atoms with van der Waals surface area (Å²) < 4.78 is 8.15. The highest BCUT2D eigenvalue weighted by Gasteiger charge is 2.19. The van der Waals surface area contributed by atoms with Gasteiger partial charge in [0.15, 0.2) is 12.7 Å². The Morgan fingerprint density at radius 2 is 1.83 bits per heavy atom. The molecule has 3 heteroatoms. The van der Waals surface area contributed by atoms with Gasteiger partial charge in [0.1, 0.15) is 6.10 Å². The van der Waals surface area contributed by atoms with Gasteiger partial charge >= 0.3 is 0 Å². The van der Waals surface area contributed by atoms with Crippen LogP contribution in [0.5, 0.6) is 5.88 Å². The first-order chi connectivity index (χ1) is 11.4. The van der Waals surface area contributed by atoms with Gasteiger partial charge < -0.3 is 4.74 Å². The topological polar surface area (TPSA) is 26.0 Å². The minimum absolute atomic E-state index is 0.0636. The molecule has 23 heavy (non-hydrogen) atoms. The molecule has 0 saturated heterocycles. The summed E-state index contributed by atoms with van der Waals surface area (Å²) in [6, 6.07) is 18.6. The fourth-order valence-corrected chi connectivity index (χ4v) is 2.81. The van der Waals surface area contributed by atoms with Crippen molar-refractivity contribution in [1.29, 1.82) is 0 Å². The number of hydrogen-bond acceptors (Lipinski definition) is 2. The van der Waals surface area contributed by atoms with Crippen molar-refractivity contribution in [3.05, 3.63) is 96.0 Å². The first-order valence-corrected chi connectivity index (χ1v) is 7.71. The Bertz CT molecular complexity index is 843. The lowest BCUT2D eigenvalue weighted by Gasteiger charge is -2.12. The molecule has 0 amide bonds. The summed E-state index contributed by atoms with van der Waals surface area (Å²) in [5.74, 6) is 0.634. The Kier molecular flexibility index (Phi) is 3.60. The molecule has 0 saturated carbocycles. The summed E-state index contributed by atoms with van der Waals surface area (Å²) in [5, 5.41) is 0. The Balaban J connectivity index is 1.53. The van der Waals surface area contributed by atoms with E-state index < -0.39 is 0 Å². The van der Waals surface area contributed by atoms with Crippen molar-refractivity contribution in [2.45, 2.75) is 12.6 Å². The van der Waals surface area contributed by atoms with Gasteiger partial charge in [-0.3, -0.25) is 0 Å². The monoisotopic (exact) mass is 301 g/mol. The predicted octanol–water partition coefficient (Wildman–Crippen LogP) is 3.56.